The summed E-state index contributed by atoms with van der Waals surface area (Å²) in [6.45, 7) is 7.20. The van der Waals surface area contributed by atoms with Crippen LogP contribution in [0.3, 0.4) is 0 Å². The van der Waals surface area contributed by atoms with Crippen LogP contribution in [0.5, 0.6) is 0 Å². The molecule has 0 unspecified atom stereocenters. The van der Waals surface area contributed by atoms with Crippen LogP contribution in [0.4, 0.5) is 0 Å². The van der Waals surface area contributed by atoms with Gasteiger partial charge in [-0.3, -0.25) is 14.3 Å². The predicted octanol–water partition coefficient (Wildman–Crippen LogP) is 0.347. The third-order valence-corrected chi connectivity index (χ3v) is 3.75. The first kappa shape index (κ1) is 20.0. The SMILES string of the molecule is CC(C)C(=O)COCCOCCS(=O)(=O)NC(=O)C(C)C. The molecule has 124 valence electrons. The number of Topliss-reactive ketones (excluding diaryl/α,β-unsaturated/α-hetero) is 1. The molecule has 0 heterocycles. The number of hydrogen-bond donors (Lipinski definition) is 1. The minimum atomic E-state index is -3.66. The molecular weight excluding hydrogens is 298 g/mol. The number of ketones is 1. The van der Waals surface area contributed by atoms with E-state index in [4.69, 9.17) is 9.47 Å². The van der Waals surface area contributed by atoms with E-state index in [2.05, 4.69) is 0 Å². The smallest absolute Gasteiger partial charge is 0.237 e. The van der Waals surface area contributed by atoms with Crippen LogP contribution in [0.15, 0.2) is 0 Å². The maximum Gasteiger partial charge on any atom is 0.237 e. The Balaban J connectivity index is 3.71. The third-order valence-electron chi connectivity index (χ3n) is 2.54. The number of carbonyl (C=O) groups excluding carboxylic acids is 2. The summed E-state index contributed by atoms with van der Waals surface area (Å²) < 4.78 is 35.2. The molecule has 0 bridgehead atoms. The first-order chi connectivity index (χ1) is 9.65. The van der Waals surface area contributed by atoms with Crippen LogP contribution >= 0.6 is 0 Å². The van der Waals surface area contributed by atoms with Gasteiger partial charge < -0.3 is 9.47 Å². The summed E-state index contributed by atoms with van der Waals surface area (Å²) in [5, 5.41) is 0. The van der Waals surface area contributed by atoms with Crippen LogP contribution in [0.2, 0.25) is 0 Å². The standard InChI is InChI=1S/C13H25NO6S/c1-10(2)12(15)9-20-6-5-19-7-8-21(17,18)14-13(16)11(3)4/h10-11H,5-9H2,1-4H3,(H,14,16). The molecule has 0 aliphatic heterocycles. The molecule has 0 aromatic heterocycles. The Morgan fingerprint density at radius 2 is 1.52 bits per heavy atom. The summed E-state index contributed by atoms with van der Waals surface area (Å²) in [5.74, 6) is -1.29. The van der Waals surface area contributed by atoms with E-state index in [9.17, 15) is 18.0 Å². The number of carbonyl (C=O) groups is 2. The van der Waals surface area contributed by atoms with Crippen LogP contribution in [0, 0.1) is 11.8 Å². The number of rotatable bonds is 11. The van der Waals surface area contributed by atoms with E-state index >= 15 is 0 Å². The Hall–Kier alpha value is -0.990. The molecular formula is C13H25NO6S. The van der Waals surface area contributed by atoms with Crippen molar-refractivity contribution in [1.29, 1.82) is 0 Å². The van der Waals surface area contributed by atoms with Crippen molar-refractivity contribution in [3.63, 3.8) is 0 Å². The van der Waals surface area contributed by atoms with Gasteiger partial charge in [-0.2, -0.15) is 0 Å². The fraction of sp³-hybridized carbons (Fsp3) is 0.846. The van der Waals surface area contributed by atoms with Crippen molar-refractivity contribution in [2.24, 2.45) is 11.8 Å². The minimum Gasteiger partial charge on any atom is -0.378 e. The normalized spacial score (nSPS) is 11.9. The van der Waals surface area contributed by atoms with Crippen molar-refractivity contribution in [2.45, 2.75) is 27.7 Å². The van der Waals surface area contributed by atoms with Crippen LogP contribution in [-0.4, -0.2) is 52.3 Å². The lowest BCUT2D eigenvalue weighted by atomic mass is 10.1. The molecule has 0 aliphatic rings. The van der Waals surface area contributed by atoms with Gasteiger partial charge in [0.25, 0.3) is 0 Å². The van der Waals surface area contributed by atoms with E-state index in [1.54, 1.807) is 27.7 Å². The molecule has 0 aromatic carbocycles. The van der Waals surface area contributed by atoms with Crippen molar-refractivity contribution < 1.29 is 27.5 Å². The second-order valence-electron chi connectivity index (χ2n) is 5.23. The van der Waals surface area contributed by atoms with Gasteiger partial charge in [0.1, 0.15) is 6.61 Å². The molecule has 21 heavy (non-hydrogen) atoms. The number of ether oxygens (including phenoxy) is 2. The quantitative estimate of drug-likeness (QED) is 0.551. The summed E-state index contributed by atoms with van der Waals surface area (Å²) in [4.78, 5) is 22.5. The third kappa shape index (κ3) is 10.4. The zero-order valence-corrected chi connectivity index (χ0v) is 13.9. The summed E-state index contributed by atoms with van der Waals surface area (Å²) in [6.07, 6.45) is 0. The molecule has 7 nitrogen and oxygen atoms in total. The minimum absolute atomic E-state index is 0.00831. The first-order valence-electron chi connectivity index (χ1n) is 6.88. The van der Waals surface area contributed by atoms with Crippen LogP contribution in [-0.2, 0) is 29.1 Å². The van der Waals surface area contributed by atoms with E-state index < -0.39 is 21.8 Å². The van der Waals surface area contributed by atoms with E-state index in [1.807, 2.05) is 4.72 Å². The van der Waals surface area contributed by atoms with Gasteiger partial charge >= 0.3 is 0 Å². The monoisotopic (exact) mass is 323 g/mol. The molecule has 1 amide bonds. The van der Waals surface area contributed by atoms with Crippen molar-refractivity contribution in [2.75, 3.05) is 32.2 Å². The van der Waals surface area contributed by atoms with E-state index in [1.165, 1.54) is 0 Å². The lowest BCUT2D eigenvalue weighted by molar-refractivity contribution is -0.127. The average molecular weight is 323 g/mol. The molecule has 0 atom stereocenters. The molecule has 8 heteroatoms. The summed E-state index contributed by atoms with van der Waals surface area (Å²) in [5.41, 5.74) is 0. The molecule has 0 aliphatic carbocycles. The lowest BCUT2D eigenvalue weighted by Crippen LogP contribution is -2.36. The van der Waals surface area contributed by atoms with Gasteiger partial charge in [0, 0.05) is 11.8 Å². The van der Waals surface area contributed by atoms with Crippen LogP contribution < -0.4 is 4.72 Å². The van der Waals surface area contributed by atoms with Gasteiger partial charge in [-0.1, -0.05) is 27.7 Å². The highest BCUT2D eigenvalue weighted by molar-refractivity contribution is 7.90. The Bertz CT molecular complexity index is 430. The summed E-state index contributed by atoms with van der Waals surface area (Å²) >= 11 is 0. The maximum atomic E-state index is 11.5. The van der Waals surface area contributed by atoms with Gasteiger partial charge in [-0.15, -0.1) is 0 Å². The molecule has 0 radical (unpaired) electrons. The van der Waals surface area contributed by atoms with Crippen molar-refractivity contribution >= 4 is 21.7 Å². The van der Waals surface area contributed by atoms with E-state index in [0.717, 1.165) is 0 Å². The number of hydrogen-bond acceptors (Lipinski definition) is 6. The number of nitrogens with one attached hydrogen (secondary N) is 1. The van der Waals surface area contributed by atoms with E-state index in [-0.39, 0.29) is 43.9 Å². The van der Waals surface area contributed by atoms with Gasteiger partial charge in [0.05, 0.1) is 25.6 Å². The highest BCUT2D eigenvalue weighted by Crippen LogP contribution is 1.96. The maximum absolute atomic E-state index is 11.5. The zero-order chi connectivity index (χ0) is 16.5. The molecule has 0 rings (SSSR count). The Morgan fingerprint density at radius 3 is 2.05 bits per heavy atom. The number of sulfonamides is 1. The van der Waals surface area contributed by atoms with Crippen molar-refractivity contribution in [3.05, 3.63) is 0 Å². The van der Waals surface area contributed by atoms with Crippen LogP contribution in [0.25, 0.3) is 0 Å². The largest absolute Gasteiger partial charge is 0.378 e. The predicted molar refractivity (Wildman–Crippen MR) is 78.3 cm³/mol. The molecule has 0 fully saturated rings. The Morgan fingerprint density at radius 1 is 0.952 bits per heavy atom. The lowest BCUT2D eigenvalue weighted by Gasteiger charge is -2.09. The highest BCUT2D eigenvalue weighted by atomic mass is 32.2. The second-order valence-corrected chi connectivity index (χ2v) is 7.07. The van der Waals surface area contributed by atoms with Gasteiger partial charge in [0.2, 0.25) is 15.9 Å². The van der Waals surface area contributed by atoms with Crippen LogP contribution in [0.1, 0.15) is 27.7 Å². The molecule has 0 saturated carbocycles. The molecule has 1 N–H and O–H groups in total. The molecule has 0 saturated heterocycles. The van der Waals surface area contributed by atoms with Gasteiger partial charge in [-0.25, -0.2) is 8.42 Å². The average Bonchev–Trinajstić information content (AvgIpc) is 2.36. The first-order valence-corrected chi connectivity index (χ1v) is 8.53. The fourth-order valence-electron chi connectivity index (χ4n) is 1.05. The van der Waals surface area contributed by atoms with Crippen molar-refractivity contribution in [1.82, 2.24) is 4.72 Å². The Kier molecular flexibility index (Phi) is 9.39. The molecule has 0 aromatic rings. The van der Waals surface area contributed by atoms with Gasteiger partial charge in [0.15, 0.2) is 5.78 Å². The fourth-order valence-corrected chi connectivity index (χ4v) is 2.03. The zero-order valence-electron chi connectivity index (χ0n) is 13.0. The Labute approximate surface area is 126 Å². The van der Waals surface area contributed by atoms with E-state index in [0.29, 0.717) is 0 Å². The molecule has 0 spiro atoms. The topological polar surface area (TPSA) is 98.8 Å². The second kappa shape index (κ2) is 9.86. The summed E-state index contributed by atoms with van der Waals surface area (Å²) in [6, 6.07) is 0. The van der Waals surface area contributed by atoms with Gasteiger partial charge in [-0.05, 0) is 0 Å². The highest BCUT2D eigenvalue weighted by Gasteiger charge is 2.16. The number of amides is 1. The summed E-state index contributed by atoms with van der Waals surface area (Å²) in [7, 11) is -3.66. The van der Waals surface area contributed by atoms with Crippen molar-refractivity contribution in [3.8, 4) is 0 Å².